The minimum atomic E-state index is -3.91. The molecule has 0 spiro atoms. The van der Waals surface area contributed by atoms with E-state index in [2.05, 4.69) is 28.0 Å². The summed E-state index contributed by atoms with van der Waals surface area (Å²) in [6, 6.07) is 20.4. The minimum absolute atomic E-state index is 0.0204. The SMILES string of the molecule is COc1ccc(OC)c(S(=O)(=O)Nc2ccn(Cc3cccc4ccccc34)n2)c1. The van der Waals surface area contributed by atoms with Crippen LogP contribution in [-0.2, 0) is 16.6 Å². The molecule has 7 nitrogen and oxygen atoms in total. The summed E-state index contributed by atoms with van der Waals surface area (Å²) in [5.41, 5.74) is 1.10. The molecule has 0 aliphatic carbocycles. The number of methoxy groups -OCH3 is 2. The van der Waals surface area contributed by atoms with Gasteiger partial charge in [-0.15, -0.1) is 0 Å². The van der Waals surface area contributed by atoms with Crippen LogP contribution in [0.5, 0.6) is 11.5 Å². The molecule has 0 saturated carbocycles. The fourth-order valence-electron chi connectivity index (χ4n) is 3.30. The van der Waals surface area contributed by atoms with Gasteiger partial charge in [0.2, 0.25) is 0 Å². The Morgan fingerprint density at radius 1 is 0.967 bits per heavy atom. The van der Waals surface area contributed by atoms with Crippen molar-refractivity contribution in [1.82, 2.24) is 9.78 Å². The first-order valence-corrected chi connectivity index (χ1v) is 10.7. The summed E-state index contributed by atoms with van der Waals surface area (Å²) in [6.07, 6.45) is 1.74. The van der Waals surface area contributed by atoms with Gasteiger partial charge >= 0.3 is 0 Å². The number of nitrogens with one attached hydrogen (secondary N) is 1. The number of sulfonamides is 1. The van der Waals surface area contributed by atoms with Crippen molar-refractivity contribution in [2.45, 2.75) is 11.4 Å². The van der Waals surface area contributed by atoms with Crippen molar-refractivity contribution in [3.05, 3.63) is 78.5 Å². The second-order valence-electron chi connectivity index (χ2n) is 6.66. The van der Waals surface area contributed by atoms with Crippen LogP contribution in [0.15, 0.2) is 77.8 Å². The lowest BCUT2D eigenvalue weighted by atomic mass is 10.0. The first-order valence-electron chi connectivity index (χ1n) is 9.25. The molecule has 1 N–H and O–H groups in total. The largest absolute Gasteiger partial charge is 0.497 e. The average molecular weight is 423 g/mol. The van der Waals surface area contributed by atoms with Crippen LogP contribution in [0.3, 0.4) is 0 Å². The van der Waals surface area contributed by atoms with Crippen LogP contribution < -0.4 is 14.2 Å². The number of rotatable bonds is 7. The van der Waals surface area contributed by atoms with Gasteiger partial charge in [0.15, 0.2) is 5.82 Å². The van der Waals surface area contributed by atoms with Crippen LogP contribution >= 0.6 is 0 Å². The van der Waals surface area contributed by atoms with Crippen molar-refractivity contribution in [2.24, 2.45) is 0 Å². The number of ether oxygens (including phenoxy) is 2. The molecule has 0 aliphatic rings. The number of fused-ring (bicyclic) bond motifs is 1. The molecule has 30 heavy (non-hydrogen) atoms. The van der Waals surface area contributed by atoms with E-state index >= 15 is 0 Å². The molecule has 1 heterocycles. The van der Waals surface area contributed by atoms with E-state index in [-0.39, 0.29) is 16.5 Å². The van der Waals surface area contributed by atoms with Gasteiger partial charge in [-0.2, -0.15) is 5.10 Å². The first-order chi connectivity index (χ1) is 14.5. The zero-order valence-corrected chi connectivity index (χ0v) is 17.4. The van der Waals surface area contributed by atoms with Gasteiger partial charge in [0.25, 0.3) is 10.0 Å². The molecule has 0 unspecified atom stereocenters. The summed E-state index contributed by atoms with van der Waals surface area (Å²) in [6.45, 7) is 0.519. The maximum Gasteiger partial charge on any atom is 0.266 e. The maximum absolute atomic E-state index is 12.9. The first kappa shape index (κ1) is 19.8. The zero-order valence-electron chi connectivity index (χ0n) is 16.6. The molecule has 1 aromatic heterocycles. The van der Waals surface area contributed by atoms with Crippen LogP contribution in [0.25, 0.3) is 10.8 Å². The molecule has 154 valence electrons. The molecular formula is C22H21N3O4S. The molecule has 4 rings (SSSR count). The summed E-state index contributed by atoms with van der Waals surface area (Å²) >= 11 is 0. The smallest absolute Gasteiger partial charge is 0.266 e. The monoisotopic (exact) mass is 423 g/mol. The number of benzene rings is 3. The summed E-state index contributed by atoms with van der Waals surface area (Å²) in [4.78, 5) is -0.0204. The second-order valence-corrected chi connectivity index (χ2v) is 8.31. The Labute approximate surface area is 174 Å². The standard InChI is InChI=1S/C22H21N3O4S/c1-28-18-10-11-20(29-2)21(14-18)30(26,27)24-22-12-13-25(23-22)15-17-8-5-7-16-6-3-4-9-19(16)17/h3-14H,15H2,1-2H3,(H,23,24). The van der Waals surface area contributed by atoms with Crippen molar-refractivity contribution in [3.63, 3.8) is 0 Å². The van der Waals surface area contributed by atoms with E-state index in [1.165, 1.54) is 20.3 Å². The molecular weight excluding hydrogens is 402 g/mol. The highest BCUT2D eigenvalue weighted by molar-refractivity contribution is 7.92. The van der Waals surface area contributed by atoms with E-state index in [0.29, 0.717) is 12.3 Å². The van der Waals surface area contributed by atoms with Crippen LogP contribution in [0.4, 0.5) is 5.82 Å². The normalized spacial score (nSPS) is 11.4. The third-order valence-electron chi connectivity index (χ3n) is 4.75. The minimum Gasteiger partial charge on any atom is -0.497 e. The molecule has 4 aromatic rings. The topological polar surface area (TPSA) is 82.5 Å². The lowest BCUT2D eigenvalue weighted by molar-refractivity contribution is 0.392. The Morgan fingerprint density at radius 3 is 2.57 bits per heavy atom. The quantitative estimate of drug-likeness (QED) is 0.487. The van der Waals surface area contributed by atoms with E-state index in [1.54, 1.807) is 29.1 Å². The summed E-state index contributed by atoms with van der Waals surface area (Å²) in [7, 11) is -1.02. The highest BCUT2D eigenvalue weighted by atomic mass is 32.2. The van der Waals surface area contributed by atoms with Gasteiger partial charge in [0, 0.05) is 18.3 Å². The lowest BCUT2D eigenvalue weighted by Crippen LogP contribution is -2.15. The fourth-order valence-corrected chi connectivity index (χ4v) is 4.48. The zero-order chi connectivity index (χ0) is 21.1. The Balaban J connectivity index is 1.59. The van der Waals surface area contributed by atoms with E-state index in [1.807, 2.05) is 24.3 Å². The summed E-state index contributed by atoms with van der Waals surface area (Å²) in [5, 5.41) is 6.66. The Kier molecular flexibility index (Phi) is 5.33. The molecule has 8 heteroatoms. The molecule has 0 saturated heterocycles. The Bertz CT molecular complexity index is 1290. The number of hydrogen-bond donors (Lipinski definition) is 1. The predicted molar refractivity (Wildman–Crippen MR) is 116 cm³/mol. The van der Waals surface area contributed by atoms with E-state index in [0.717, 1.165) is 16.3 Å². The Morgan fingerprint density at radius 2 is 1.77 bits per heavy atom. The molecule has 0 fully saturated rings. The van der Waals surface area contributed by atoms with Crippen molar-refractivity contribution >= 4 is 26.6 Å². The predicted octanol–water partition coefficient (Wildman–Crippen LogP) is 3.90. The fraction of sp³-hybridized carbons (Fsp3) is 0.136. The van der Waals surface area contributed by atoms with Gasteiger partial charge in [-0.1, -0.05) is 42.5 Å². The Hall–Kier alpha value is -3.52. The van der Waals surface area contributed by atoms with Crippen LogP contribution in [-0.4, -0.2) is 32.4 Å². The molecule has 0 atom stereocenters. The van der Waals surface area contributed by atoms with Gasteiger partial charge in [-0.05, 0) is 28.5 Å². The van der Waals surface area contributed by atoms with Crippen molar-refractivity contribution in [2.75, 3.05) is 18.9 Å². The lowest BCUT2D eigenvalue weighted by Gasteiger charge is -2.11. The van der Waals surface area contributed by atoms with Crippen molar-refractivity contribution in [1.29, 1.82) is 0 Å². The van der Waals surface area contributed by atoms with Gasteiger partial charge in [-0.3, -0.25) is 9.40 Å². The van der Waals surface area contributed by atoms with Crippen LogP contribution in [0, 0.1) is 0 Å². The highest BCUT2D eigenvalue weighted by Crippen LogP contribution is 2.29. The van der Waals surface area contributed by atoms with Crippen molar-refractivity contribution in [3.8, 4) is 11.5 Å². The maximum atomic E-state index is 12.9. The van der Waals surface area contributed by atoms with Crippen molar-refractivity contribution < 1.29 is 17.9 Å². The van der Waals surface area contributed by atoms with Gasteiger partial charge in [0.1, 0.15) is 16.4 Å². The number of anilines is 1. The second kappa shape index (κ2) is 8.08. The van der Waals surface area contributed by atoms with E-state index in [4.69, 9.17) is 9.47 Å². The van der Waals surface area contributed by atoms with E-state index < -0.39 is 10.0 Å². The molecule has 0 radical (unpaired) electrons. The number of hydrogen-bond acceptors (Lipinski definition) is 5. The summed E-state index contributed by atoms with van der Waals surface area (Å²) < 4.78 is 40.3. The third-order valence-corrected chi connectivity index (χ3v) is 6.13. The van der Waals surface area contributed by atoms with Gasteiger partial charge in [0.05, 0.1) is 20.8 Å². The molecule has 3 aromatic carbocycles. The van der Waals surface area contributed by atoms with Gasteiger partial charge in [-0.25, -0.2) is 8.42 Å². The van der Waals surface area contributed by atoms with Crippen LogP contribution in [0.1, 0.15) is 5.56 Å². The molecule has 0 amide bonds. The van der Waals surface area contributed by atoms with E-state index in [9.17, 15) is 8.42 Å². The van der Waals surface area contributed by atoms with Crippen LogP contribution in [0.2, 0.25) is 0 Å². The summed E-state index contributed by atoms with van der Waals surface area (Å²) in [5.74, 6) is 0.858. The average Bonchev–Trinajstić information content (AvgIpc) is 3.19. The number of nitrogens with zero attached hydrogens (tertiary/aromatic N) is 2. The van der Waals surface area contributed by atoms with Gasteiger partial charge < -0.3 is 9.47 Å². The highest BCUT2D eigenvalue weighted by Gasteiger charge is 2.21. The molecule has 0 aliphatic heterocycles. The molecule has 0 bridgehead atoms. The number of aromatic nitrogens is 2. The third kappa shape index (κ3) is 3.95.